The van der Waals surface area contributed by atoms with E-state index in [4.69, 9.17) is 39.5 Å². The molecule has 3 aromatic rings. The molecule has 1 aliphatic heterocycles. The quantitative estimate of drug-likeness (QED) is 0.228. The smallest absolute Gasteiger partial charge is 0.300 e. The maximum Gasteiger partial charge on any atom is 0.300 e. The van der Waals surface area contributed by atoms with Crippen molar-refractivity contribution in [3.05, 3.63) is 98.2 Å². The first-order valence-electron chi connectivity index (χ1n) is 10.2. The second-order valence-electron chi connectivity index (χ2n) is 7.40. The molecule has 1 N–H and O–H groups in total. The summed E-state index contributed by atoms with van der Waals surface area (Å²) in [6, 6.07) is 13.2. The summed E-state index contributed by atoms with van der Waals surface area (Å²) in [6.45, 7) is 2.11. The third-order valence-corrected chi connectivity index (χ3v) is 6.35. The van der Waals surface area contributed by atoms with E-state index in [9.17, 15) is 19.1 Å². The fourth-order valence-corrected chi connectivity index (χ4v) is 4.27. The minimum atomic E-state index is -1.09. The maximum atomic E-state index is 14.0. The topological polar surface area (TPSA) is 66.8 Å². The van der Waals surface area contributed by atoms with Crippen LogP contribution in [0.5, 0.6) is 5.75 Å². The van der Waals surface area contributed by atoms with Gasteiger partial charge in [-0.3, -0.25) is 14.5 Å². The van der Waals surface area contributed by atoms with Gasteiger partial charge < -0.3 is 9.84 Å². The van der Waals surface area contributed by atoms with Crippen LogP contribution in [0.3, 0.4) is 0 Å². The van der Waals surface area contributed by atoms with E-state index in [0.29, 0.717) is 22.9 Å². The van der Waals surface area contributed by atoms with Crippen molar-refractivity contribution in [3.8, 4) is 5.75 Å². The number of aliphatic hydroxyl groups is 1. The number of Topliss-reactive ketones (excluding diaryl/α,β-unsaturated/α-hetero) is 1. The highest BCUT2D eigenvalue weighted by Gasteiger charge is 2.47. The number of carbonyl (C=O) groups excluding carboxylic acids is 2. The first-order chi connectivity index (χ1) is 16.2. The van der Waals surface area contributed by atoms with Crippen molar-refractivity contribution in [2.24, 2.45) is 0 Å². The lowest BCUT2D eigenvalue weighted by Gasteiger charge is -2.25. The van der Waals surface area contributed by atoms with Gasteiger partial charge in [0.2, 0.25) is 0 Å². The van der Waals surface area contributed by atoms with Crippen LogP contribution in [0, 0.1) is 5.82 Å². The number of hydrogen-bond donors (Lipinski definition) is 1. The van der Waals surface area contributed by atoms with Crippen molar-refractivity contribution in [3.63, 3.8) is 0 Å². The largest absolute Gasteiger partial charge is 0.507 e. The van der Waals surface area contributed by atoms with Gasteiger partial charge in [-0.1, -0.05) is 46.9 Å². The number of amides is 1. The molecular formula is C25H17Cl3FNO4. The van der Waals surface area contributed by atoms with Crippen LogP contribution in [0.25, 0.3) is 5.76 Å². The standard InChI is InChI=1S/C25H17Cl3FNO4/c1-2-34-20-11-14(7-9-18(20)27)23(31)21-22(13-6-8-17(26)19(28)10-13)30(25(33)24(21)32)16-5-3-4-15(29)12-16/h3-12,22,31H,2H2,1H3/b23-21-. The Kier molecular flexibility index (Phi) is 6.84. The van der Waals surface area contributed by atoms with Crippen LogP contribution >= 0.6 is 34.8 Å². The fourth-order valence-electron chi connectivity index (χ4n) is 3.79. The van der Waals surface area contributed by atoms with Crippen LogP contribution in [0.1, 0.15) is 24.1 Å². The van der Waals surface area contributed by atoms with E-state index in [1.165, 1.54) is 48.5 Å². The van der Waals surface area contributed by atoms with Crippen LogP contribution < -0.4 is 9.64 Å². The number of hydrogen-bond acceptors (Lipinski definition) is 4. The molecule has 1 fully saturated rings. The van der Waals surface area contributed by atoms with Gasteiger partial charge in [0.1, 0.15) is 17.3 Å². The SMILES string of the molecule is CCOc1cc(/C(O)=C2/C(=O)C(=O)N(c3cccc(F)c3)C2c2ccc(Cl)c(Cl)c2)ccc1Cl. The molecule has 174 valence electrons. The molecule has 1 heterocycles. The van der Waals surface area contributed by atoms with Crippen LogP contribution in [0.15, 0.2) is 66.2 Å². The molecule has 9 heteroatoms. The molecule has 3 aromatic carbocycles. The number of halogens is 4. The molecule has 1 unspecified atom stereocenters. The van der Waals surface area contributed by atoms with Gasteiger partial charge in [0.15, 0.2) is 0 Å². The Morgan fingerprint density at radius 1 is 1.00 bits per heavy atom. The summed E-state index contributed by atoms with van der Waals surface area (Å²) in [6.07, 6.45) is 0. The molecule has 1 atom stereocenters. The van der Waals surface area contributed by atoms with Crippen molar-refractivity contribution < 1.29 is 23.8 Å². The van der Waals surface area contributed by atoms with Crippen LogP contribution in [-0.4, -0.2) is 23.4 Å². The van der Waals surface area contributed by atoms with E-state index < -0.39 is 29.3 Å². The number of rotatable bonds is 5. The molecule has 0 bridgehead atoms. The maximum absolute atomic E-state index is 14.0. The Balaban J connectivity index is 1.96. The van der Waals surface area contributed by atoms with Gasteiger partial charge in [-0.2, -0.15) is 0 Å². The van der Waals surface area contributed by atoms with Gasteiger partial charge >= 0.3 is 0 Å². The molecule has 0 aromatic heterocycles. The van der Waals surface area contributed by atoms with Crippen molar-refractivity contribution in [1.29, 1.82) is 0 Å². The third-order valence-electron chi connectivity index (χ3n) is 5.29. The zero-order chi connectivity index (χ0) is 24.6. The van der Waals surface area contributed by atoms with Crippen molar-refractivity contribution in [2.45, 2.75) is 13.0 Å². The Labute approximate surface area is 209 Å². The van der Waals surface area contributed by atoms with Gasteiger partial charge in [0, 0.05) is 11.3 Å². The molecule has 4 rings (SSSR count). The molecule has 1 aliphatic rings. The van der Waals surface area contributed by atoms with E-state index in [1.54, 1.807) is 13.0 Å². The van der Waals surface area contributed by atoms with E-state index in [1.807, 2.05) is 0 Å². The molecule has 0 spiro atoms. The highest BCUT2D eigenvalue weighted by molar-refractivity contribution is 6.52. The Morgan fingerprint density at radius 3 is 2.41 bits per heavy atom. The van der Waals surface area contributed by atoms with Crippen LogP contribution in [0.2, 0.25) is 15.1 Å². The van der Waals surface area contributed by atoms with Crippen molar-refractivity contribution in [1.82, 2.24) is 0 Å². The molecule has 0 saturated carbocycles. The highest BCUT2D eigenvalue weighted by atomic mass is 35.5. The lowest BCUT2D eigenvalue weighted by atomic mass is 9.95. The van der Waals surface area contributed by atoms with Gasteiger partial charge in [-0.25, -0.2) is 4.39 Å². The van der Waals surface area contributed by atoms with Crippen LogP contribution in [0.4, 0.5) is 10.1 Å². The molecule has 5 nitrogen and oxygen atoms in total. The molecule has 1 saturated heterocycles. The highest BCUT2D eigenvalue weighted by Crippen LogP contribution is 2.44. The lowest BCUT2D eigenvalue weighted by Crippen LogP contribution is -2.29. The van der Waals surface area contributed by atoms with E-state index in [0.717, 1.165) is 11.0 Å². The normalized spacial score (nSPS) is 17.3. The molecule has 34 heavy (non-hydrogen) atoms. The summed E-state index contributed by atoms with van der Waals surface area (Å²) >= 11 is 18.4. The summed E-state index contributed by atoms with van der Waals surface area (Å²) in [5.74, 6) is -2.59. The third kappa shape index (κ3) is 4.37. The van der Waals surface area contributed by atoms with Gasteiger partial charge in [-0.15, -0.1) is 0 Å². The van der Waals surface area contributed by atoms with Gasteiger partial charge in [0.05, 0.1) is 33.3 Å². The summed E-state index contributed by atoms with van der Waals surface area (Å²) in [5, 5.41) is 12.0. The zero-order valence-electron chi connectivity index (χ0n) is 17.7. The predicted octanol–water partition coefficient (Wildman–Crippen LogP) is 6.81. The number of carbonyl (C=O) groups is 2. The second kappa shape index (κ2) is 9.66. The number of nitrogens with zero attached hydrogens (tertiary/aromatic N) is 1. The summed E-state index contributed by atoms with van der Waals surface area (Å²) in [5.41, 5.74) is 0.564. The number of ether oxygens (including phenoxy) is 1. The average molecular weight is 521 g/mol. The fraction of sp³-hybridized carbons (Fsp3) is 0.120. The first-order valence-corrected chi connectivity index (χ1v) is 11.3. The Bertz CT molecular complexity index is 1340. The first kappa shape index (κ1) is 24.1. The molecular weight excluding hydrogens is 504 g/mol. The summed E-state index contributed by atoms with van der Waals surface area (Å²) < 4.78 is 19.5. The van der Waals surface area contributed by atoms with Crippen LogP contribution in [-0.2, 0) is 9.59 Å². The average Bonchev–Trinajstić information content (AvgIpc) is 3.07. The molecule has 0 radical (unpaired) electrons. The molecule has 1 amide bonds. The second-order valence-corrected chi connectivity index (χ2v) is 8.62. The van der Waals surface area contributed by atoms with Gasteiger partial charge in [0.25, 0.3) is 11.7 Å². The van der Waals surface area contributed by atoms with Crippen molar-refractivity contribution >= 4 is 57.9 Å². The summed E-state index contributed by atoms with van der Waals surface area (Å²) in [4.78, 5) is 27.4. The Morgan fingerprint density at radius 2 is 1.74 bits per heavy atom. The van der Waals surface area contributed by atoms with E-state index in [-0.39, 0.29) is 26.9 Å². The number of ketones is 1. The Hall–Kier alpha value is -3.06. The van der Waals surface area contributed by atoms with Gasteiger partial charge in [-0.05, 0) is 61.0 Å². The lowest BCUT2D eigenvalue weighted by molar-refractivity contribution is -0.132. The zero-order valence-corrected chi connectivity index (χ0v) is 20.0. The summed E-state index contributed by atoms with van der Waals surface area (Å²) in [7, 11) is 0. The number of anilines is 1. The van der Waals surface area contributed by atoms with E-state index in [2.05, 4.69) is 0 Å². The number of benzene rings is 3. The monoisotopic (exact) mass is 519 g/mol. The van der Waals surface area contributed by atoms with E-state index >= 15 is 0 Å². The minimum absolute atomic E-state index is 0.142. The minimum Gasteiger partial charge on any atom is -0.507 e. The molecule has 0 aliphatic carbocycles. The van der Waals surface area contributed by atoms with Crippen molar-refractivity contribution in [2.75, 3.05) is 11.5 Å². The predicted molar refractivity (Wildman–Crippen MR) is 130 cm³/mol. The number of aliphatic hydroxyl groups excluding tert-OH is 1.